The molecule has 2 aromatic rings. The van der Waals surface area contributed by atoms with Crippen LogP contribution in [-0.4, -0.2) is 26.8 Å². The fraction of sp³-hybridized carbons (Fsp3) is 0.381. The zero-order valence-corrected chi connectivity index (χ0v) is 16.0. The number of benzene rings is 2. The van der Waals surface area contributed by atoms with E-state index in [9.17, 15) is 0 Å². The molecule has 1 saturated heterocycles. The van der Waals surface area contributed by atoms with Gasteiger partial charge in [0.25, 0.3) is 0 Å². The average molecular weight is 373 g/mol. The molecule has 0 bridgehead atoms. The summed E-state index contributed by atoms with van der Waals surface area (Å²) >= 11 is 0. The predicted octanol–water partition coefficient (Wildman–Crippen LogP) is 4.15. The van der Waals surface area contributed by atoms with Crippen molar-refractivity contribution in [2.45, 2.75) is 19.3 Å². The summed E-state index contributed by atoms with van der Waals surface area (Å²) in [5.41, 5.74) is 1.92. The molecule has 138 valence electrons. The molecular formula is C21H25ClN2O2. The van der Waals surface area contributed by atoms with Gasteiger partial charge < -0.3 is 14.8 Å². The van der Waals surface area contributed by atoms with Crippen LogP contribution in [0.25, 0.3) is 0 Å². The zero-order valence-electron chi connectivity index (χ0n) is 15.2. The second-order valence-electron chi connectivity index (χ2n) is 6.87. The minimum atomic E-state index is -0.0184. The highest BCUT2D eigenvalue weighted by Gasteiger charge is 2.38. The number of nitrogens with zero attached hydrogens (tertiary/aromatic N) is 1. The van der Waals surface area contributed by atoms with Gasteiger partial charge in [-0.1, -0.05) is 25.1 Å². The summed E-state index contributed by atoms with van der Waals surface area (Å²) in [5.74, 6) is 2.04. The molecule has 26 heavy (non-hydrogen) atoms. The molecule has 0 aromatic heterocycles. The van der Waals surface area contributed by atoms with E-state index in [1.54, 1.807) is 19.2 Å². The van der Waals surface area contributed by atoms with Gasteiger partial charge in [-0.05, 0) is 54.8 Å². The van der Waals surface area contributed by atoms with Gasteiger partial charge in [0.2, 0.25) is 0 Å². The van der Waals surface area contributed by atoms with E-state index in [-0.39, 0.29) is 17.8 Å². The van der Waals surface area contributed by atoms with Crippen LogP contribution < -0.4 is 14.8 Å². The lowest BCUT2D eigenvalue weighted by Crippen LogP contribution is -2.47. The first-order chi connectivity index (χ1) is 12.1. The number of hydrogen-bond donors (Lipinski definition) is 1. The number of nitriles is 1. The first-order valence-corrected chi connectivity index (χ1v) is 8.62. The molecule has 1 aliphatic heterocycles. The normalized spacial score (nSPS) is 22.0. The smallest absolute Gasteiger partial charge is 0.120 e. The Morgan fingerprint density at radius 2 is 1.96 bits per heavy atom. The highest BCUT2D eigenvalue weighted by Crippen LogP contribution is 2.41. The van der Waals surface area contributed by atoms with Gasteiger partial charge in [-0.25, -0.2) is 0 Å². The SMILES string of the molecule is COc1ccc([C@@H]2CCNC[C@]2(C)COc2cccc(C#N)c2)cc1.Cl. The summed E-state index contributed by atoms with van der Waals surface area (Å²) in [4.78, 5) is 0. The Morgan fingerprint density at radius 3 is 2.65 bits per heavy atom. The number of nitrogens with one attached hydrogen (secondary N) is 1. The number of halogens is 1. The lowest BCUT2D eigenvalue weighted by Gasteiger charge is -2.42. The molecule has 5 heteroatoms. The standard InChI is InChI=1S/C21H24N2O2.ClH/c1-21(15-25-19-5-3-4-16(12-19)13-22)14-23-11-10-20(21)17-6-8-18(24-2)9-7-17;/h3-9,12,20,23H,10-11,14-15H2,1-2H3;1H/t20-,21+;/m0./s1. The molecule has 1 N–H and O–H groups in total. The van der Waals surface area contributed by atoms with Crippen LogP contribution in [0, 0.1) is 16.7 Å². The Morgan fingerprint density at radius 1 is 1.19 bits per heavy atom. The third-order valence-corrected chi connectivity index (χ3v) is 5.03. The molecule has 0 spiro atoms. The lowest BCUT2D eigenvalue weighted by molar-refractivity contribution is 0.104. The van der Waals surface area contributed by atoms with E-state index in [4.69, 9.17) is 14.7 Å². The van der Waals surface area contributed by atoms with E-state index >= 15 is 0 Å². The van der Waals surface area contributed by atoms with E-state index in [1.165, 1.54) is 5.56 Å². The van der Waals surface area contributed by atoms with E-state index in [1.807, 2.05) is 24.3 Å². The van der Waals surface area contributed by atoms with Gasteiger partial charge in [0.1, 0.15) is 11.5 Å². The summed E-state index contributed by atoms with van der Waals surface area (Å²) in [5, 5.41) is 12.5. The number of rotatable bonds is 5. The van der Waals surface area contributed by atoms with Gasteiger partial charge >= 0.3 is 0 Å². The molecule has 3 rings (SSSR count). The van der Waals surface area contributed by atoms with Crippen molar-refractivity contribution in [3.8, 4) is 17.6 Å². The Hall–Kier alpha value is -2.22. The first-order valence-electron chi connectivity index (χ1n) is 8.62. The second-order valence-corrected chi connectivity index (χ2v) is 6.87. The van der Waals surface area contributed by atoms with Gasteiger partial charge in [0, 0.05) is 12.0 Å². The van der Waals surface area contributed by atoms with Crippen LogP contribution in [0.1, 0.15) is 30.4 Å². The summed E-state index contributed by atoms with van der Waals surface area (Å²) in [6, 6.07) is 17.9. The lowest BCUT2D eigenvalue weighted by atomic mass is 9.70. The molecule has 1 heterocycles. The van der Waals surface area contributed by atoms with Gasteiger partial charge in [-0.3, -0.25) is 0 Å². The minimum Gasteiger partial charge on any atom is -0.497 e. The maximum atomic E-state index is 9.04. The van der Waals surface area contributed by atoms with Crippen molar-refractivity contribution in [3.05, 3.63) is 59.7 Å². The van der Waals surface area contributed by atoms with Crippen LogP contribution in [0.3, 0.4) is 0 Å². The van der Waals surface area contributed by atoms with E-state index in [0.717, 1.165) is 31.0 Å². The molecule has 0 unspecified atom stereocenters. The van der Waals surface area contributed by atoms with Crippen molar-refractivity contribution in [1.82, 2.24) is 5.32 Å². The Labute approximate surface area is 161 Å². The molecule has 0 saturated carbocycles. The molecule has 2 atom stereocenters. The van der Waals surface area contributed by atoms with E-state index in [0.29, 0.717) is 18.1 Å². The van der Waals surface area contributed by atoms with Crippen molar-refractivity contribution in [1.29, 1.82) is 5.26 Å². The van der Waals surface area contributed by atoms with Crippen LogP contribution in [0.2, 0.25) is 0 Å². The van der Waals surface area contributed by atoms with Crippen LogP contribution >= 0.6 is 12.4 Å². The molecule has 2 aromatic carbocycles. The van der Waals surface area contributed by atoms with Gasteiger partial charge in [-0.15, -0.1) is 12.4 Å². The van der Waals surface area contributed by atoms with Crippen LogP contribution in [0.15, 0.2) is 48.5 Å². The predicted molar refractivity (Wildman–Crippen MR) is 105 cm³/mol. The van der Waals surface area contributed by atoms with E-state index < -0.39 is 0 Å². The third-order valence-electron chi connectivity index (χ3n) is 5.03. The summed E-state index contributed by atoms with van der Waals surface area (Å²) in [6.45, 7) is 4.78. The average Bonchev–Trinajstić information content (AvgIpc) is 2.67. The maximum Gasteiger partial charge on any atom is 0.120 e. The zero-order chi connectivity index (χ0) is 17.7. The number of hydrogen-bond acceptors (Lipinski definition) is 4. The fourth-order valence-electron chi connectivity index (χ4n) is 3.55. The molecule has 0 radical (unpaired) electrons. The van der Waals surface area contributed by atoms with Gasteiger partial charge in [0.05, 0.1) is 25.3 Å². The largest absolute Gasteiger partial charge is 0.497 e. The monoisotopic (exact) mass is 372 g/mol. The van der Waals surface area contributed by atoms with Gasteiger partial charge in [0.15, 0.2) is 0 Å². The molecule has 1 fully saturated rings. The quantitative estimate of drug-likeness (QED) is 0.856. The molecule has 1 aliphatic rings. The van der Waals surface area contributed by atoms with Crippen molar-refractivity contribution in [2.24, 2.45) is 5.41 Å². The highest BCUT2D eigenvalue weighted by atomic mass is 35.5. The first kappa shape index (κ1) is 20.1. The Kier molecular flexibility index (Phi) is 6.90. The highest BCUT2D eigenvalue weighted by molar-refractivity contribution is 5.85. The van der Waals surface area contributed by atoms with Crippen molar-refractivity contribution in [2.75, 3.05) is 26.8 Å². The summed E-state index contributed by atoms with van der Waals surface area (Å²) in [6.07, 6.45) is 1.07. The Bertz CT molecular complexity index is 757. The van der Waals surface area contributed by atoms with Crippen molar-refractivity contribution >= 4 is 12.4 Å². The van der Waals surface area contributed by atoms with E-state index in [2.05, 4.69) is 30.4 Å². The van der Waals surface area contributed by atoms with Crippen molar-refractivity contribution in [3.63, 3.8) is 0 Å². The molecule has 0 amide bonds. The maximum absolute atomic E-state index is 9.04. The topological polar surface area (TPSA) is 54.3 Å². The third kappa shape index (κ3) is 4.49. The van der Waals surface area contributed by atoms with Crippen molar-refractivity contribution < 1.29 is 9.47 Å². The Balaban J connectivity index is 0.00000243. The second kappa shape index (κ2) is 8.93. The number of ether oxygens (including phenoxy) is 2. The molecule has 4 nitrogen and oxygen atoms in total. The number of piperidine rings is 1. The van der Waals surface area contributed by atoms with Crippen LogP contribution in [-0.2, 0) is 0 Å². The number of methoxy groups -OCH3 is 1. The van der Waals surface area contributed by atoms with Crippen LogP contribution in [0.4, 0.5) is 0 Å². The summed E-state index contributed by atoms with van der Waals surface area (Å²) in [7, 11) is 1.69. The molecule has 0 aliphatic carbocycles. The fourth-order valence-corrected chi connectivity index (χ4v) is 3.55. The van der Waals surface area contributed by atoms with Gasteiger partial charge in [-0.2, -0.15) is 5.26 Å². The minimum absolute atomic E-state index is 0. The molecular weight excluding hydrogens is 348 g/mol. The summed E-state index contributed by atoms with van der Waals surface area (Å²) < 4.78 is 11.3. The van der Waals surface area contributed by atoms with Crippen LogP contribution in [0.5, 0.6) is 11.5 Å².